The van der Waals surface area contributed by atoms with Gasteiger partial charge in [-0.15, -0.1) is 4.98 Å². The van der Waals surface area contributed by atoms with Gasteiger partial charge >= 0.3 is 5.76 Å². The Morgan fingerprint density at radius 2 is 2.07 bits per heavy atom. The predicted molar refractivity (Wildman–Crippen MR) is 56.0 cm³/mol. The summed E-state index contributed by atoms with van der Waals surface area (Å²) in [6, 6.07) is 7.16. The van der Waals surface area contributed by atoms with Crippen LogP contribution in [0.1, 0.15) is 13.8 Å². The molecule has 0 N–H and O–H groups in total. The van der Waals surface area contributed by atoms with E-state index in [9.17, 15) is 4.79 Å². The largest absolute Gasteiger partial charge is 0.474 e. The Morgan fingerprint density at radius 1 is 1.33 bits per heavy atom. The number of benzene rings is 1. The molecule has 2 aromatic rings. The van der Waals surface area contributed by atoms with E-state index in [4.69, 9.17) is 9.15 Å². The average molecular weight is 205 g/mol. The second-order valence-electron chi connectivity index (χ2n) is 3.45. The Morgan fingerprint density at radius 3 is 2.80 bits per heavy atom. The van der Waals surface area contributed by atoms with Gasteiger partial charge in [0.2, 0.25) is 5.88 Å². The van der Waals surface area contributed by atoms with E-state index in [1.54, 1.807) is 12.1 Å². The van der Waals surface area contributed by atoms with E-state index in [1.807, 2.05) is 26.0 Å². The fourth-order valence-electron chi connectivity index (χ4n) is 1.31. The number of hydrogen-bond acceptors (Lipinski definition) is 4. The summed E-state index contributed by atoms with van der Waals surface area (Å²) in [7, 11) is 0. The van der Waals surface area contributed by atoms with E-state index in [2.05, 4.69) is 4.98 Å². The summed E-state index contributed by atoms with van der Waals surface area (Å²) in [5.41, 5.74) is 0.494. The molecular weight excluding hydrogens is 194 g/mol. The monoisotopic (exact) mass is 205 g/mol. The Kier molecular flexibility index (Phi) is 2.41. The van der Waals surface area contributed by atoms with Crippen LogP contribution in [0, 0.1) is 0 Å². The predicted octanol–water partition coefficient (Wildman–Crippen LogP) is 1.98. The second-order valence-corrected chi connectivity index (χ2v) is 3.45. The quantitative estimate of drug-likeness (QED) is 0.752. The molecule has 78 valence electrons. The van der Waals surface area contributed by atoms with Crippen LogP contribution < -0.4 is 10.5 Å². The maximum atomic E-state index is 11.1. The maximum Gasteiger partial charge on any atom is 0.442 e. The third kappa shape index (κ3) is 1.98. The minimum Gasteiger partial charge on any atom is -0.474 e. The van der Waals surface area contributed by atoms with Crippen molar-refractivity contribution in [3.05, 3.63) is 34.8 Å². The van der Waals surface area contributed by atoms with Gasteiger partial charge in [-0.3, -0.25) is 0 Å². The smallest absolute Gasteiger partial charge is 0.442 e. The zero-order valence-corrected chi connectivity index (χ0v) is 8.56. The van der Waals surface area contributed by atoms with Crippen LogP contribution in [0.15, 0.2) is 33.5 Å². The number of para-hydroxylation sites is 1. The van der Waals surface area contributed by atoms with Crippen molar-refractivity contribution in [2.75, 3.05) is 0 Å². The zero-order valence-electron chi connectivity index (χ0n) is 8.56. The van der Waals surface area contributed by atoms with Crippen LogP contribution in [-0.4, -0.2) is 11.1 Å². The molecule has 2 rings (SSSR count). The van der Waals surface area contributed by atoms with E-state index in [1.165, 1.54) is 0 Å². The van der Waals surface area contributed by atoms with Gasteiger partial charge in [0.15, 0.2) is 0 Å². The van der Waals surface area contributed by atoms with Crippen LogP contribution >= 0.6 is 0 Å². The van der Waals surface area contributed by atoms with Crippen molar-refractivity contribution < 1.29 is 9.15 Å². The molecule has 0 aliphatic carbocycles. The molecule has 0 saturated carbocycles. The first kappa shape index (κ1) is 9.71. The molecule has 1 heterocycles. The molecular formula is C11H11NO3. The van der Waals surface area contributed by atoms with Crippen molar-refractivity contribution in [1.29, 1.82) is 0 Å². The average Bonchev–Trinajstić information content (AvgIpc) is 2.16. The van der Waals surface area contributed by atoms with Crippen LogP contribution in [0.25, 0.3) is 11.0 Å². The Hall–Kier alpha value is -1.84. The summed E-state index contributed by atoms with van der Waals surface area (Å²) in [5.74, 6) is -0.304. The summed E-state index contributed by atoms with van der Waals surface area (Å²) < 4.78 is 10.4. The fourth-order valence-corrected chi connectivity index (χ4v) is 1.31. The topological polar surface area (TPSA) is 52.3 Å². The van der Waals surface area contributed by atoms with E-state index < -0.39 is 5.76 Å². The molecule has 15 heavy (non-hydrogen) atoms. The molecule has 0 fully saturated rings. The van der Waals surface area contributed by atoms with Crippen molar-refractivity contribution >= 4 is 11.0 Å². The number of fused-ring (bicyclic) bond motifs is 1. The summed E-state index contributed by atoms with van der Waals surface area (Å²) in [6.07, 6.45) is -0.0253. The summed E-state index contributed by atoms with van der Waals surface area (Å²) in [5, 5.41) is 0.714. The van der Waals surface area contributed by atoms with Gasteiger partial charge in [-0.25, -0.2) is 4.79 Å². The Balaban J connectivity index is 2.66. The zero-order chi connectivity index (χ0) is 10.8. The molecule has 0 aliphatic rings. The first-order valence-corrected chi connectivity index (χ1v) is 4.73. The van der Waals surface area contributed by atoms with E-state index in [0.29, 0.717) is 16.8 Å². The SMILES string of the molecule is CC(C)Oc1nc(=O)oc2ccccc12. The highest BCUT2D eigenvalue weighted by Crippen LogP contribution is 2.21. The molecule has 0 aliphatic heterocycles. The van der Waals surface area contributed by atoms with Gasteiger partial charge in [0.1, 0.15) is 5.58 Å². The lowest BCUT2D eigenvalue weighted by atomic mass is 10.2. The Labute approximate surface area is 86.5 Å². The van der Waals surface area contributed by atoms with Gasteiger partial charge in [0.25, 0.3) is 0 Å². The van der Waals surface area contributed by atoms with Crippen molar-refractivity contribution in [3.63, 3.8) is 0 Å². The van der Waals surface area contributed by atoms with Crippen LogP contribution in [0.2, 0.25) is 0 Å². The minimum absolute atomic E-state index is 0.0253. The van der Waals surface area contributed by atoms with Crippen LogP contribution in [0.5, 0.6) is 5.88 Å². The minimum atomic E-state index is -0.635. The normalized spacial score (nSPS) is 10.9. The number of rotatable bonds is 2. The van der Waals surface area contributed by atoms with E-state index in [-0.39, 0.29) is 6.10 Å². The molecule has 0 bridgehead atoms. The van der Waals surface area contributed by atoms with Crippen LogP contribution in [-0.2, 0) is 0 Å². The summed E-state index contributed by atoms with van der Waals surface area (Å²) in [4.78, 5) is 14.8. The van der Waals surface area contributed by atoms with Crippen LogP contribution in [0.4, 0.5) is 0 Å². The van der Waals surface area contributed by atoms with E-state index >= 15 is 0 Å². The molecule has 4 nitrogen and oxygen atoms in total. The molecule has 0 saturated heterocycles. The molecule has 0 radical (unpaired) electrons. The highest BCUT2D eigenvalue weighted by molar-refractivity contribution is 5.81. The number of ether oxygens (including phenoxy) is 1. The van der Waals surface area contributed by atoms with Crippen molar-refractivity contribution in [3.8, 4) is 5.88 Å². The fraction of sp³-hybridized carbons (Fsp3) is 0.273. The second kappa shape index (κ2) is 3.73. The maximum absolute atomic E-state index is 11.1. The molecule has 1 aromatic carbocycles. The lowest BCUT2D eigenvalue weighted by Crippen LogP contribution is -2.12. The van der Waals surface area contributed by atoms with Gasteiger partial charge in [-0.1, -0.05) is 12.1 Å². The number of nitrogens with zero attached hydrogens (tertiary/aromatic N) is 1. The van der Waals surface area contributed by atoms with Gasteiger partial charge in [0.05, 0.1) is 11.5 Å². The van der Waals surface area contributed by atoms with Crippen molar-refractivity contribution in [2.45, 2.75) is 20.0 Å². The van der Waals surface area contributed by atoms with Gasteiger partial charge in [-0.05, 0) is 26.0 Å². The molecule has 0 atom stereocenters. The molecule has 0 amide bonds. The Bertz CT molecular complexity index is 531. The molecule has 0 spiro atoms. The van der Waals surface area contributed by atoms with Crippen molar-refractivity contribution in [1.82, 2.24) is 4.98 Å². The first-order valence-electron chi connectivity index (χ1n) is 4.73. The lowest BCUT2D eigenvalue weighted by molar-refractivity contribution is 0.232. The molecule has 1 aromatic heterocycles. The van der Waals surface area contributed by atoms with E-state index in [0.717, 1.165) is 0 Å². The molecule has 4 heteroatoms. The van der Waals surface area contributed by atoms with Gasteiger partial charge in [0, 0.05) is 0 Å². The third-order valence-electron chi connectivity index (χ3n) is 1.85. The number of aromatic nitrogens is 1. The van der Waals surface area contributed by atoms with Crippen molar-refractivity contribution in [2.24, 2.45) is 0 Å². The highest BCUT2D eigenvalue weighted by Gasteiger charge is 2.08. The lowest BCUT2D eigenvalue weighted by Gasteiger charge is -2.09. The van der Waals surface area contributed by atoms with Gasteiger partial charge in [-0.2, -0.15) is 0 Å². The first-order chi connectivity index (χ1) is 7.16. The van der Waals surface area contributed by atoms with Gasteiger partial charge < -0.3 is 9.15 Å². The number of hydrogen-bond donors (Lipinski definition) is 0. The summed E-state index contributed by atoms with van der Waals surface area (Å²) >= 11 is 0. The standard InChI is InChI=1S/C11H11NO3/c1-7(2)14-10-8-5-3-4-6-9(8)15-11(13)12-10/h3-7H,1-2H3. The highest BCUT2D eigenvalue weighted by atomic mass is 16.5. The third-order valence-corrected chi connectivity index (χ3v) is 1.85. The summed E-state index contributed by atoms with van der Waals surface area (Å²) in [6.45, 7) is 3.76. The van der Waals surface area contributed by atoms with Crippen LogP contribution in [0.3, 0.4) is 0 Å². The molecule has 0 unspecified atom stereocenters.